The lowest BCUT2D eigenvalue weighted by Gasteiger charge is -2.10. The van der Waals surface area contributed by atoms with Crippen molar-refractivity contribution >= 4 is 31.5 Å². The van der Waals surface area contributed by atoms with Crippen LogP contribution in [0.25, 0.3) is 0 Å². The van der Waals surface area contributed by atoms with E-state index in [1.165, 1.54) is 25.3 Å². The summed E-state index contributed by atoms with van der Waals surface area (Å²) >= 11 is 0. The van der Waals surface area contributed by atoms with E-state index in [0.717, 1.165) is 0 Å². The molecule has 100 valence electrons. The van der Waals surface area contributed by atoms with Gasteiger partial charge in [-0.05, 0) is 25.1 Å². The first-order chi connectivity index (χ1) is 8.38. The molecule has 0 heterocycles. The number of carbonyl (C=O) groups is 1. The van der Waals surface area contributed by atoms with Crippen LogP contribution in [0.4, 0.5) is 10.5 Å². The fourth-order valence-electron chi connectivity index (χ4n) is 1.21. The van der Waals surface area contributed by atoms with Crippen LogP contribution in [-0.2, 0) is 13.8 Å². The molecular formula is C10H12ClNO5S. The van der Waals surface area contributed by atoms with Gasteiger partial charge in [-0.2, -0.15) is 0 Å². The molecule has 1 aromatic rings. The highest BCUT2D eigenvalue weighted by atomic mass is 35.7. The standard InChI is InChI=1S/C10H12ClNO5S/c1-3-17-10(13)12-8-6-7(18(11,14)15)4-5-9(8)16-2/h4-6H,3H2,1-2H3,(H,12,13). The Balaban J connectivity index is 3.11. The molecule has 1 N–H and O–H groups in total. The summed E-state index contributed by atoms with van der Waals surface area (Å²) in [6.45, 7) is 1.85. The van der Waals surface area contributed by atoms with E-state index < -0.39 is 15.1 Å². The van der Waals surface area contributed by atoms with E-state index >= 15 is 0 Å². The summed E-state index contributed by atoms with van der Waals surface area (Å²) in [5, 5.41) is 2.37. The van der Waals surface area contributed by atoms with Crippen LogP contribution >= 0.6 is 10.7 Å². The van der Waals surface area contributed by atoms with Crippen molar-refractivity contribution in [3.8, 4) is 5.75 Å². The Hall–Kier alpha value is -1.47. The van der Waals surface area contributed by atoms with Crippen molar-refractivity contribution in [2.24, 2.45) is 0 Å². The third-order valence-electron chi connectivity index (χ3n) is 1.96. The Morgan fingerprint density at radius 1 is 1.44 bits per heavy atom. The van der Waals surface area contributed by atoms with Crippen molar-refractivity contribution in [1.29, 1.82) is 0 Å². The van der Waals surface area contributed by atoms with Crippen LogP contribution < -0.4 is 10.1 Å². The minimum absolute atomic E-state index is 0.142. The van der Waals surface area contributed by atoms with Gasteiger partial charge in [0.25, 0.3) is 9.05 Å². The zero-order chi connectivity index (χ0) is 13.8. The Morgan fingerprint density at radius 2 is 2.11 bits per heavy atom. The van der Waals surface area contributed by atoms with Crippen molar-refractivity contribution in [2.45, 2.75) is 11.8 Å². The fraction of sp³-hybridized carbons (Fsp3) is 0.300. The molecule has 0 aliphatic heterocycles. The van der Waals surface area contributed by atoms with Gasteiger partial charge in [0.1, 0.15) is 5.75 Å². The van der Waals surface area contributed by atoms with E-state index in [4.69, 9.17) is 15.4 Å². The Labute approximate surface area is 109 Å². The molecule has 0 aromatic heterocycles. The Kier molecular flexibility index (Phi) is 4.80. The molecule has 1 aromatic carbocycles. The van der Waals surface area contributed by atoms with E-state index in [9.17, 15) is 13.2 Å². The van der Waals surface area contributed by atoms with Crippen LogP contribution in [0.1, 0.15) is 6.92 Å². The highest BCUT2D eigenvalue weighted by molar-refractivity contribution is 8.13. The molecule has 0 spiro atoms. The number of anilines is 1. The molecule has 6 nitrogen and oxygen atoms in total. The van der Waals surface area contributed by atoms with Gasteiger partial charge in [0.2, 0.25) is 0 Å². The first kappa shape index (κ1) is 14.6. The predicted octanol–water partition coefficient (Wildman–Crippen LogP) is 2.19. The zero-order valence-corrected chi connectivity index (χ0v) is 11.3. The third-order valence-corrected chi connectivity index (χ3v) is 3.32. The van der Waals surface area contributed by atoms with Crippen LogP contribution in [0.2, 0.25) is 0 Å². The largest absolute Gasteiger partial charge is 0.495 e. The molecule has 0 saturated carbocycles. The van der Waals surface area contributed by atoms with E-state index in [1.54, 1.807) is 6.92 Å². The summed E-state index contributed by atoms with van der Waals surface area (Å²) in [5.41, 5.74) is 0.165. The first-order valence-electron chi connectivity index (χ1n) is 4.95. The maximum absolute atomic E-state index is 11.3. The highest BCUT2D eigenvalue weighted by Gasteiger charge is 2.15. The molecule has 1 amide bonds. The summed E-state index contributed by atoms with van der Waals surface area (Å²) in [6.07, 6.45) is -0.708. The molecule has 1 rings (SSSR count). The van der Waals surface area contributed by atoms with Gasteiger partial charge in [-0.1, -0.05) is 0 Å². The lowest BCUT2D eigenvalue weighted by atomic mass is 10.3. The van der Waals surface area contributed by atoms with Gasteiger partial charge in [-0.3, -0.25) is 5.32 Å². The molecule has 8 heteroatoms. The number of nitrogens with one attached hydrogen (secondary N) is 1. The van der Waals surface area contributed by atoms with Crippen LogP contribution in [0.5, 0.6) is 5.75 Å². The molecule has 0 aliphatic carbocycles. The molecule has 0 fully saturated rings. The van der Waals surface area contributed by atoms with Gasteiger partial charge in [-0.15, -0.1) is 0 Å². The lowest BCUT2D eigenvalue weighted by Crippen LogP contribution is -2.14. The van der Waals surface area contributed by atoms with Gasteiger partial charge < -0.3 is 9.47 Å². The summed E-state index contributed by atoms with van der Waals surface area (Å²) < 4.78 is 32.0. The summed E-state index contributed by atoms with van der Waals surface area (Å²) in [6, 6.07) is 3.85. The average Bonchev–Trinajstić information content (AvgIpc) is 2.28. The minimum Gasteiger partial charge on any atom is -0.495 e. The quantitative estimate of drug-likeness (QED) is 0.861. The van der Waals surface area contributed by atoms with Crippen molar-refractivity contribution in [3.63, 3.8) is 0 Å². The van der Waals surface area contributed by atoms with Gasteiger partial charge in [-0.25, -0.2) is 13.2 Å². The molecule has 18 heavy (non-hydrogen) atoms. The second-order valence-corrected chi connectivity index (χ2v) is 5.71. The molecule has 0 unspecified atom stereocenters. The van der Waals surface area contributed by atoms with Crippen molar-refractivity contribution in [3.05, 3.63) is 18.2 Å². The number of carbonyl (C=O) groups excluding carboxylic acids is 1. The van der Waals surface area contributed by atoms with E-state index in [-0.39, 0.29) is 17.2 Å². The van der Waals surface area contributed by atoms with Crippen molar-refractivity contribution in [1.82, 2.24) is 0 Å². The second-order valence-electron chi connectivity index (χ2n) is 3.15. The number of ether oxygens (including phenoxy) is 2. The Morgan fingerprint density at radius 3 is 2.61 bits per heavy atom. The summed E-state index contributed by atoms with van der Waals surface area (Å²) in [4.78, 5) is 11.1. The van der Waals surface area contributed by atoms with Gasteiger partial charge in [0.15, 0.2) is 0 Å². The van der Waals surface area contributed by atoms with Crippen LogP contribution in [0.15, 0.2) is 23.1 Å². The summed E-state index contributed by atoms with van der Waals surface area (Å²) in [5.74, 6) is 0.298. The van der Waals surface area contributed by atoms with E-state index in [1.807, 2.05) is 0 Å². The molecule has 0 saturated heterocycles. The van der Waals surface area contributed by atoms with E-state index in [2.05, 4.69) is 10.1 Å². The van der Waals surface area contributed by atoms with Crippen molar-refractivity contribution in [2.75, 3.05) is 19.0 Å². The first-order valence-corrected chi connectivity index (χ1v) is 7.26. The molecule has 0 aliphatic rings. The van der Waals surface area contributed by atoms with Crippen LogP contribution in [0, 0.1) is 0 Å². The van der Waals surface area contributed by atoms with Gasteiger partial charge in [0, 0.05) is 10.7 Å². The Bertz CT molecular complexity index is 543. The van der Waals surface area contributed by atoms with Crippen LogP contribution in [-0.4, -0.2) is 28.2 Å². The maximum Gasteiger partial charge on any atom is 0.411 e. The maximum atomic E-state index is 11.3. The SMILES string of the molecule is CCOC(=O)Nc1cc(S(=O)(=O)Cl)ccc1OC. The molecule has 0 bridgehead atoms. The molecular weight excluding hydrogens is 282 g/mol. The number of rotatable bonds is 4. The van der Waals surface area contributed by atoms with Gasteiger partial charge in [0.05, 0.1) is 24.3 Å². The smallest absolute Gasteiger partial charge is 0.411 e. The zero-order valence-electron chi connectivity index (χ0n) is 9.77. The number of hydrogen-bond donors (Lipinski definition) is 1. The van der Waals surface area contributed by atoms with E-state index in [0.29, 0.717) is 5.75 Å². The number of methoxy groups -OCH3 is 1. The second kappa shape index (κ2) is 5.92. The van der Waals surface area contributed by atoms with Gasteiger partial charge >= 0.3 is 6.09 Å². The normalized spacial score (nSPS) is 10.8. The fourth-order valence-corrected chi connectivity index (χ4v) is 1.99. The van der Waals surface area contributed by atoms with Crippen molar-refractivity contribution < 1.29 is 22.7 Å². The highest BCUT2D eigenvalue weighted by Crippen LogP contribution is 2.28. The monoisotopic (exact) mass is 293 g/mol. The number of benzene rings is 1. The predicted molar refractivity (Wildman–Crippen MR) is 66.7 cm³/mol. The minimum atomic E-state index is -3.87. The number of amides is 1. The topological polar surface area (TPSA) is 81.7 Å². The summed E-state index contributed by atoms with van der Waals surface area (Å²) in [7, 11) is 2.73. The molecule has 0 radical (unpaired) electrons. The number of halogens is 1. The third kappa shape index (κ3) is 3.78. The van der Waals surface area contributed by atoms with Crippen LogP contribution in [0.3, 0.4) is 0 Å². The number of hydrogen-bond acceptors (Lipinski definition) is 5. The molecule has 0 atom stereocenters. The lowest BCUT2D eigenvalue weighted by molar-refractivity contribution is 0.168. The average molecular weight is 294 g/mol.